The molecule has 3 rings (SSSR count). The monoisotopic (exact) mass is 351 g/mol. The fraction of sp³-hybridized carbons (Fsp3) is 0.263. The predicted octanol–water partition coefficient (Wildman–Crippen LogP) is 2.44. The average molecular weight is 351 g/mol. The molecule has 0 radical (unpaired) electrons. The average Bonchev–Trinajstić information content (AvgIpc) is 3.05. The predicted molar refractivity (Wildman–Crippen MR) is 100 cm³/mol. The zero-order chi connectivity index (χ0) is 18.7. The molecule has 2 N–H and O–H groups in total. The highest BCUT2D eigenvalue weighted by atomic mass is 16.2. The van der Waals surface area contributed by atoms with Crippen LogP contribution in [0.25, 0.3) is 11.0 Å². The highest BCUT2D eigenvalue weighted by Crippen LogP contribution is 2.19. The molecule has 2 amide bonds. The molecular formula is C19H21N5O2. The second kappa shape index (κ2) is 7.35. The number of rotatable bonds is 5. The maximum Gasteiger partial charge on any atom is 0.251 e. The zero-order valence-corrected chi connectivity index (χ0v) is 15.0. The summed E-state index contributed by atoms with van der Waals surface area (Å²) in [5.74, 6) is -0.594. The Morgan fingerprint density at radius 3 is 2.54 bits per heavy atom. The molecule has 1 aromatic heterocycles. The Labute approximate surface area is 151 Å². The molecule has 0 saturated heterocycles. The standard InChI is InChI=1S/C19H21N5O2/c1-4-24-16-9-8-14(10-15(16)22-23-24)19(26)20-11-17(25)21-18-12(2)6-5-7-13(18)3/h5-10H,4,11H2,1-3H3,(H,20,26)(H,21,25). The van der Waals surface area contributed by atoms with Crippen LogP contribution in [0, 0.1) is 13.8 Å². The first-order chi connectivity index (χ1) is 12.5. The number of aromatic nitrogens is 3. The minimum atomic E-state index is -0.324. The van der Waals surface area contributed by atoms with Crippen molar-refractivity contribution in [1.82, 2.24) is 20.3 Å². The van der Waals surface area contributed by atoms with E-state index in [1.165, 1.54) is 0 Å². The fourth-order valence-corrected chi connectivity index (χ4v) is 2.80. The van der Waals surface area contributed by atoms with Gasteiger partial charge in [-0.1, -0.05) is 23.4 Å². The van der Waals surface area contributed by atoms with E-state index in [0.717, 1.165) is 22.3 Å². The summed E-state index contributed by atoms with van der Waals surface area (Å²) >= 11 is 0. The van der Waals surface area contributed by atoms with Crippen molar-refractivity contribution >= 4 is 28.5 Å². The van der Waals surface area contributed by atoms with Crippen LogP contribution in [0.4, 0.5) is 5.69 Å². The van der Waals surface area contributed by atoms with E-state index in [1.54, 1.807) is 16.8 Å². The van der Waals surface area contributed by atoms with Crippen LogP contribution in [0.1, 0.15) is 28.4 Å². The molecule has 134 valence electrons. The minimum absolute atomic E-state index is 0.105. The Kier molecular flexibility index (Phi) is 4.97. The number of fused-ring (bicyclic) bond motifs is 1. The normalized spacial score (nSPS) is 10.7. The van der Waals surface area contributed by atoms with Gasteiger partial charge in [0, 0.05) is 17.8 Å². The molecule has 0 fully saturated rings. The van der Waals surface area contributed by atoms with Crippen molar-refractivity contribution in [3.63, 3.8) is 0 Å². The van der Waals surface area contributed by atoms with E-state index in [0.29, 0.717) is 17.6 Å². The van der Waals surface area contributed by atoms with Crippen molar-refractivity contribution in [2.75, 3.05) is 11.9 Å². The van der Waals surface area contributed by atoms with Crippen LogP contribution in [-0.2, 0) is 11.3 Å². The van der Waals surface area contributed by atoms with Gasteiger partial charge in [-0.05, 0) is 50.1 Å². The first-order valence-corrected chi connectivity index (χ1v) is 8.47. The summed E-state index contributed by atoms with van der Waals surface area (Å²) in [7, 11) is 0. The van der Waals surface area contributed by atoms with Crippen molar-refractivity contribution in [2.24, 2.45) is 0 Å². The van der Waals surface area contributed by atoms with Crippen LogP contribution < -0.4 is 10.6 Å². The van der Waals surface area contributed by atoms with Gasteiger partial charge in [0.05, 0.1) is 12.1 Å². The number of amides is 2. The van der Waals surface area contributed by atoms with Crippen molar-refractivity contribution < 1.29 is 9.59 Å². The van der Waals surface area contributed by atoms with Gasteiger partial charge in [0.15, 0.2) is 0 Å². The van der Waals surface area contributed by atoms with Gasteiger partial charge < -0.3 is 10.6 Å². The van der Waals surface area contributed by atoms with E-state index >= 15 is 0 Å². The summed E-state index contributed by atoms with van der Waals surface area (Å²) in [5.41, 5.74) is 4.71. The topological polar surface area (TPSA) is 88.9 Å². The summed E-state index contributed by atoms with van der Waals surface area (Å²) in [5, 5.41) is 13.6. The first-order valence-electron chi connectivity index (χ1n) is 8.47. The van der Waals surface area contributed by atoms with Crippen molar-refractivity contribution in [2.45, 2.75) is 27.3 Å². The Morgan fingerprint density at radius 1 is 1.12 bits per heavy atom. The van der Waals surface area contributed by atoms with Gasteiger partial charge in [0.1, 0.15) is 5.52 Å². The molecule has 0 bridgehead atoms. The van der Waals surface area contributed by atoms with E-state index in [2.05, 4.69) is 20.9 Å². The molecule has 2 aromatic carbocycles. The number of carbonyl (C=O) groups is 2. The third-order valence-corrected chi connectivity index (χ3v) is 4.23. The lowest BCUT2D eigenvalue weighted by Crippen LogP contribution is -2.33. The van der Waals surface area contributed by atoms with E-state index in [4.69, 9.17) is 0 Å². The van der Waals surface area contributed by atoms with Crippen LogP contribution in [0.5, 0.6) is 0 Å². The highest BCUT2D eigenvalue weighted by Gasteiger charge is 2.12. The number of hydrogen-bond acceptors (Lipinski definition) is 4. The molecule has 0 atom stereocenters. The van der Waals surface area contributed by atoms with Crippen LogP contribution in [0.2, 0.25) is 0 Å². The number of benzene rings is 2. The third-order valence-electron chi connectivity index (χ3n) is 4.23. The highest BCUT2D eigenvalue weighted by molar-refractivity contribution is 6.01. The van der Waals surface area contributed by atoms with Gasteiger partial charge >= 0.3 is 0 Å². The van der Waals surface area contributed by atoms with Crippen molar-refractivity contribution in [1.29, 1.82) is 0 Å². The smallest absolute Gasteiger partial charge is 0.251 e. The summed E-state index contributed by atoms with van der Waals surface area (Å²) in [6.07, 6.45) is 0. The van der Waals surface area contributed by atoms with Crippen molar-refractivity contribution in [3.05, 3.63) is 53.1 Å². The molecule has 0 saturated carbocycles. The molecule has 26 heavy (non-hydrogen) atoms. The van der Waals surface area contributed by atoms with Gasteiger partial charge in [-0.3, -0.25) is 9.59 Å². The second-order valence-electron chi connectivity index (χ2n) is 6.11. The van der Waals surface area contributed by atoms with Crippen LogP contribution in [0.15, 0.2) is 36.4 Å². The quantitative estimate of drug-likeness (QED) is 0.739. The van der Waals surface area contributed by atoms with E-state index in [-0.39, 0.29) is 18.4 Å². The van der Waals surface area contributed by atoms with Gasteiger partial charge in [0.25, 0.3) is 5.91 Å². The van der Waals surface area contributed by atoms with Gasteiger partial charge in [0.2, 0.25) is 5.91 Å². The maximum absolute atomic E-state index is 12.3. The minimum Gasteiger partial charge on any atom is -0.343 e. The zero-order valence-electron chi connectivity index (χ0n) is 15.0. The van der Waals surface area contributed by atoms with Gasteiger partial charge in [-0.2, -0.15) is 0 Å². The number of para-hydroxylation sites is 1. The van der Waals surface area contributed by atoms with Crippen LogP contribution in [0.3, 0.4) is 0 Å². The molecule has 3 aromatic rings. The van der Waals surface area contributed by atoms with E-state index < -0.39 is 0 Å². The lowest BCUT2D eigenvalue weighted by atomic mass is 10.1. The molecule has 0 aliphatic rings. The lowest BCUT2D eigenvalue weighted by molar-refractivity contribution is -0.115. The lowest BCUT2D eigenvalue weighted by Gasteiger charge is -2.12. The summed E-state index contributed by atoms with van der Waals surface area (Å²) in [4.78, 5) is 24.5. The summed E-state index contributed by atoms with van der Waals surface area (Å²) in [6, 6.07) is 11.0. The number of nitrogens with zero attached hydrogens (tertiary/aromatic N) is 3. The number of anilines is 1. The maximum atomic E-state index is 12.3. The molecule has 0 spiro atoms. The Morgan fingerprint density at radius 2 is 1.85 bits per heavy atom. The summed E-state index contributed by atoms with van der Waals surface area (Å²) < 4.78 is 1.76. The van der Waals surface area contributed by atoms with Gasteiger partial charge in [-0.15, -0.1) is 5.10 Å². The molecule has 0 aliphatic heterocycles. The molecule has 1 heterocycles. The first kappa shape index (κ1) is 17.6. The third kappa shape index (κ3) is 3.56. The van der Waals surface area contributed by atoms with E-state index in [1.807, 2.05) is 45.0 Å². The molecule has 7 nitrogen and oxygen atoms in total. The molecule has 0 aliphatic carbocycles. The number of aryl methyl sites for hydroxylation is 3. The number of nitrogens with one attached hydrogen (secondary N) is 2. The molecular weight excluding hydrogens is 330 g/mol. The Balaban J connectivity index is 1.64. The Bertz CT molecular complexity index is 957. The molecule has 0 unspecified atom stereocenters. The number of carbonyl (C=O) groups excluding carboxylic acids is 2. The summed E-state index contributed by atoms with van der Waals surface area (Å²) in [6.45, 7) is 6.44. The second-order valence-corrected chi connectivity index (χ2v) is 6.11. The fourth-order valence-electron chi connectivity index (χ4n) is 2.80. The van der Waals surface area contributed by atoms with Crippen LogP contribution >= 0.6 is 0 Å². The SMILES string of the molecule is CCn1nnc2cc(C(=O)NCC(=O)Nc3c(C)cccc3C)ccc21. The van der Waals surface area contributed by atoms with Crippen LogP contribution in [-0.4, -0.2) is 33.4 Å². The molecule has 7 heteroatoms. The number of hydrogen-bond donors (Lipinski definition) is 2. The van der Waals surface area contributed by atoms with E-state index in [9.17, 15) is 9.59 Å². The Hall–Kier alpha value is -3.22. The van der Waals surface area contributed by atoms with Crippen molar-refractivity contribution in [3.8, 4) is 0 Å². The largest absolute Gasteiger partial charge is 0.343 e. The van der Waals surface area contributed by atoms with Gasteiger partial charge in [-0.25, -0.2) is 4.68 Å².